The van der Waals surface area contributed by atoms with Gasteiger partial charge in [-0.1, -0.05) is 13.2 Å². The van der Waals surface area contributed by atoms with E-state index >= 15 is 0 Å². The van der Waals surface area contributed by atoms with Gasteiger partial charge < -0.3 is 23.4 Å². The Bertz CT molecular complexity index is 477. The third-order valence-corrected chi connectivity index (χ3v) is 3.18. The van der Waals surface area contributed by atoms with Crippen LogP contribution in [0, 0.1) is 0 Å². The van der Waals surface area contributed by atoms with Gasteiger partial charge in [0.25, 0.3) is 7.82 Å². The average molecular weight is 356 g/mol. The molecular formula is C14H22LiO8P. The Labute approximate surface area is 154 Å². The molecule has 0 radical (unpaired) electrons. The molecule has 0 N–H and O–H groups in total. The number of carbonyl (C=O) groups is 2. The van der Waals surface area contributed by atoms with E-state index in [0.29, 0.717) is 0 Å². The first-order chi connectivity index (χ1) is 10.4. The van der Waals surface area contributed by atoms with E-state index < -0.39 is 45.2 Å². The Morgan fingerprint density at radius 2 is 1.25 bits per heavy atom. The molecule has 0 aromatic carbocycles. The van der Waals surface area contributed by atoms with Crippen molar-refractivity contribution in [2.75, 3.05) is 13.2 Å². The maximum atomic E-state index is 11.5. The summed E-state index contributed by atoms with van der Waals surface area (Å²) in [6.07, 6.45) is -1.60. The zero-order chi connectivity index (χ0) is 18.2. The van der Waals surface area contributed by atoms with Gasteiger partial charge in [-0.2, -0.15) is 0 Å². The van der Waals surface area contributed by atoms with Crippen LogP contribution in [0.2, 0.25) is 0 Å². The number of rotatable bonds is 10. The van der Waals surface area contributed by atoms with Gasteiger partial charge in [-0.05, 0) is 27.7 Å². The van der Waals surface area contributed by atoms with E-state index in [1.54, 1.807) is 0 Å². The minimum atomic E-state index is -4.61. The quantitative estimate of drug-likeness (QED) is 0.201. The molecule has 132 valence electrons. The molecule has 0 amide bonds. The van der Waals surface area contributed by atoms with Crippen molar-refractivity contribution in [2.45, 2.75) is 39.9 Å². The molecule has 0 aromatic rings. The fourth-order valence-corrected chi connectivity index (χ4v) is 1.92. The minimum Gasteiger partial charge on any atom is -0.756 e. The van der Waals surface area contributed by atoms with Gasteiger partial charge in [0.05, 0.1) is 13.2 Å². The first kappa shape index (κ1) is 25.4. The molecule has 8 nitrogen and oxygen atoms in total. The van der Waals surface area contributed by atoms with Crippen LogP contribution in [0.5, 0.6) is 0 Å². The van der Waals surface area contributed by atoms with Crippen LogP contribution in [-0.4, -0.2) is 37.4 Å². The molecule has 0 heterocycles. The second-order valence-corrected chi connectivity index (χ2v) is 6.44. The molecule has 24 heavy (non-hydrogen) atoms. The van der Waals surface area contributed by atoms with Crippen molar-refractivity contribution < 1.29 is 56.4 Å². The second kappa shape index (κ2) is 11.6. The third kappa shape index (κ3) is 11.6. The Morgan fingerprint density at radius 3 is 1.50 bits per heavy atom. The van der Waals surface area contributed by atoms with Crippen molar-refractivity contribution in [3.8, 4) is 0 Å². The van der Waals surface area contributed by atoms with Crippen LogP contribution in [-0.2, 0) is 32.7 Å². The molecule has 0 bridgehead atoms. The maximum absolute atomic E-state index is 11.5. The number of phosphoric ester groups is 1. The van der Waals surface area contributed by atoms with Gasteiger partial charge in [0.1, 0.15) is 12.2 Å². The maximum Gasteiger partial charge on any atom is 1.00 e. The predicted octanol–water partition coefficient (Wildman–Crippen LogP) is -1.49. The first-order valence-corrected chi connectivity index (χ1v) is 8.23. The van der Waals surface area contributed by atoms with Crippen LogP contribution in [0.4, 0.5) is 0 Å². The summed E-state index contributed by atoms with van der Waals surface area (Å²) in [5.41, 5.74) is 0.373. The summed E-state index contributed by atoms with van der Waals surface area (Å²) in [5, 5.41) is 0. The number of phosphoric acid groups is 1. The van der Waals surface area contributed by atoms with Crippen molar-refractivity contribution in [2.24, 2.45) is 0 Å². The number of hydrogen-bond acceptors (Lipinski definition) is 8. The van der Waals surface area contributed by atoms with E-state index in [9.17, 15) is 19.0 Å². The van der Waals surface area contributed by atoms with E-state index in [0.717, 1.165) is 0 Å². The van der Waals surface area contributed by atoms with Gasteiger partial charge >= 0.3 is 30.8 Å². The van der Waals surface area contributed by atoms with Crippen molar-refractivity contribution in [1.29, 1.82) is 0 Å². The van der Waals surface area contributed by atoms with E-state index in [1.807, 2.05) is 0 Å². The Hall–Kier alpha value is -0.873. The average Bonchev–Trinajstić information content (AvgIpc) is 2.43. The molecule has 0 aromatic heterocycles. The fourth-order valence-electron chi connectivity index (χ4n) is 1.06. The molecule has 0 spiro atoms. The normalized spacial score (nSPS) is 15.2. The molecule has 0 saturated heterocycles. The Morgan fingerprint density at radius 1 is 0.958 bits per heavy atom. The topological polar surface area (TPSA) is 111 Å². The van der Waals surface area contributed by atoms with Crippen LogP contribution in [0.3, 0.4) is 0 Å². The number of hydrogen-bond donors (Lipinski definition) is 0. The summed E-state index contributed by atoms with van der Waals surface area (Å²) >= 11 is 0. The smallest absolute Gasteiger partial charge is 0.756 e. The second-order valence-electron chi connectivity index (χ2n) is 5.03. The summed E-state index contributed by atoms with van der Waals surface area (Å²) in [7, 11) is -4.61. The van der Waals surface area contributed by atoms with Gasteiger partial charge in [0, 0.05) is 11.1 Å². The SMILES string of the molecule is C=C(C)C(=O)OC(C)COP(=O)([O-])OCC(C)OC(=O)C(=C)C.[Li+]. The third-order valence-electron chi connectivity index (χ3n) is 2.25. The molecule has 0 fully saturated rings. The predicted molar refractivity (Wildman–Crippen MR) is 80.2 cm³/mol. The molecule has 10 heteroatoms. The van der Waals surface area contributed by atoms with Gasteiger partial charge in [-0.15, -0.1) is 0 Å². The molecule has 2 unspecified atom stereocenters. The van der Waals surface area contributed by atoms with Crippen LogP contribution in [0.1, 0.15) is 27.7 Å². The Balaban J connectivity index is 0. The van der Waals surface area contributed by atoms with Crippen molar-refractivity contribution in [1.82, 2.24) is 0 Å². The van der Waals surface area contributed by atoms with Crippen LogP contribution < -0.4 is 23.8 Å². The van der Waals surface area contributed by atoms with Gasteiger partial charge in [0.2, 0.25) is 0 Å². The summed E-state index contributed by atoms with van der Waals surface area (Å²) in [6.45, 7) is 11.8. The Kier molecular flexibility index (Phi) is 12.3. The van der Waals surface area contributed by atoms with E-state index in [1.165, 1.54) is 27.7 Å². The molecule has 2 atom stereocenters. The van der Waals surface area contributed by atoms with E-state index in [2.05, 4.69) is 22.2 Å². The molecule has 0 saturated carbocycles. The molecule has 0 aliphatic carbocycles. The minimum absolute atomic E-state index is 0. The zero-order valence-electron chi connectivity index (χ0n) is 14.7. The standard InChI is InChI=1S/C14H23O8P.Li/c1-9(2)13(15)21-11(5)7-19-23(17,18)20-8-12(6)22-14(16)10(3)4;/h11-12H,1,3,7-8H2,2,4-6H3,(H,17,18);/q;+1/p-1. The number of carbonyl (C=O) groups excluding carboxylic acids is 2. The summed E-state index contributed by atoms with van der Waals surface area (Å²) in [4.78, 5) is 34.0. The number of esters is 2. The summed E-state index contributed by atoms with van der Waals surface area (Å²) < 4.78 is 30.4. The molecular weight excluding hydrogens is 334 g/mol. The van der Waals surface area contributed by atoms with Gasteiger partial charge in [0.15, 0.2) is 0 Å². The van der Waals surface area contributed by atoms with Gasteiger partial charge in [-0.3, -0.25) is 4.57 Å². The van der Waals surface area contributed by atoms with E-state index in [4.69, 9.17) is 9.47 Å². The molecule has 0 aliphatic rings. The number of ether oxygens (including phenoxy) is 2. The van der Waals surface area contributed by atoms with Crippen LogP contribution in [0.25, 0.3) is 0 Å². The summed E-state index contributed by atoms with van der Waals surface area (Å²) in [5.74, 6) is -1.30. The van der Waals surface area contributed by atoms with Crippen molar-refractivity contribution in [3.63, 3.8) is 0 Å². The first-order valence-electron chi connectivity index (χ1n) is 6.77. The van der Waals surface area contributed by atoms with Crippen LogP contribution >= 0.6 is 7.82 Å². The van der Waals surface area contributed by atoms with Gasteiger partial charge in [-0.25, -0.2) is 9.59 Å². The van der Waals surface area contributed by atoms with Crippen molar-refractivity contribution in [3.05, 3.63) is 24.3 Å². The van der Waals surface area contributed by atoms with E-state index in [-0.39, 0.29) is 30.0 Å². The largest absolute Gasteiger partial charge is 1.00 e. The fraction of sp³-hybridized carbons (Fsp3) is 0.571. The monoisotopic (exact) mass is 356 g/mol. The van der Waals surface area contributed by atoms with Crippen molar-refractivity contribution >= 4 is 19.8 Å². The zero-order valence-corrected chi connectivity index (χ0v) is 15.6. The van der Waals surface area contributed by atoms with Crippen LogP contribution in [0.15, 0.2) is 24.3 Å². The summed E-state index contributed by atoms with van der Waals surface area (Å²) in [6, 6.07) is 0. The molecule has 0 aliphatic heterocycles. The molecule has 0 rings (SSSR count).